The summed E-state index contributed by atoms with van der Waals surface area (Å²) >= 11 is 0. The molecule has 17 heavy (non-hydrogen) atoms. The maximum atomic E-state index is 11.2. The van der Waals surface area contributed by atoms with Crippen LogP contribution >= 0.6 is 0 Å². The van der Waals surface area contributed by atoms with E-state index in [1.54, 1.807) is 13.8 Å². The Labute approximate surface area is 99.8 Å². The van der Waals surface area contributed by atoms with Crippen LogP contribution in [0, 0.1) is 19.8 Å². The summed E-state index contributed by atoms with van der Waals surface area (Å²) in [7, 11) is 0. The topological polar surface area (TPSA) is 72.3 Å². The molecule has 0 spiro atoms. The fourth-order valence-corrected chi connectivity index (χ4v) is 1.67. The first-order valence-electron chi connectivity index (χ1n) is 5.79. The molecule has 5 nitrogen and oxygen atoms in total. The Morgan fingerprint density at radius 2 is 2.12 bits per heavy atom. The van der Waals surface area contributed by atoms with Gasteiger partial charge in [-0.2, -0.15) is 5.10 Å². The van der Waals surface area contributed by atoms with Gasteiger partial charge >= 0.3 is 5.97 Å². The van der Waals surface area contributed by atoms with Crippen LogP contribution in [0.25, 0.3) is 0 Å². The SMILES string of the molecule is Cc1nnc(OCCC2CC2)c(C(=O)O)c1C. The summed E-state index contributed by atoms with van der Waals surface area (Å²) in [5, 5.41) is 16.9. The van der Waals surface area contributed by atoms with Crippen molar-refractivity contribution in [1.29, 1.82) is 0 Å². The minimum Gasteiger partial charge on any atom is -0.477 e. The zero-order valence-corrected chi connectivity index (χ0v) is 10.1. The molecule has 1 N–H and O–H groups in total. The van der Waals surface area contributed by atoms with E-state index in [0.29, 0.717) is 17.9 Å². The highest BCUT2D eigenvalue weighted by molar-refractivity contribution is 5.91. The summed E-state index contributed by atoms with van der Waals surface area (Å²) in [6.07, 6.45) is 3.48. The third kappa shape index (κ3) is 2.72. The quantitative estimate of drug-likeness (QED) is 0.846. The van der Waals surface area contributed by atoms with Crippen LogP contribution < -0.4 is 4.74 Å². The molecule has 0 saturated heterocycles. The average Bonchev–Trinajstić information content (AvgIpc) is 3.07. The average molecular weight is 236 g/mol. The minimum absolute atomic E-state index is 0.133. The van der Waals surface area contributed by atoms with E-state index in [1.165, 1.54) is 12.8 Å². The van der Waals surface area contributed by atoms with Crippen LogP contribution in [-0.4, -0.2) is 27.9 Å². The van der Waals surface area contributed by atoms with Gasteiger partial charge in [0.1, 0.15) is 5.56 Å². The lowest BCUT2D eigenvalue weighted by Crippen LogP contribution is -2.11. The summed E-state index contributed by atoms with van der Waals surface area (Å²) < 4.78 is 5.43. The molecule has 0 aromatic carbocycles. The lowest BCUT2D eigenvalue weighted by molar-refractivity contribution is 0.0689. The van der Waals surface area contributed by atoms with Gasteiger partial charge < -0.3 is 9.84 Å². The number of ether oxygens (including phenoxy) is 1. The highest BCUT2D eigenvalue weighted by Gasteiger charge is 2.22. The van der Waals surface area contributed by atoms with Crippen LogP contribution in [0.15, 0.2) is 0 Å². The first-order chi connectivity index (χ1) is 8.09. The van der Waals surface area contributed by atoms with E-state index in [-0.39, 0.29) is 11.4 Å². The number of carboxylic acid groups (broad SMARTS) is 1. The third-order valence-electron chi connectivity index (χ3n) is 3.10. The van der Waals surface area contributed by atoms with Crippen LogP contribution in [0.2, 0.25) is 0 Å². The van der Waals surface area contributed by atoms with Crippen molar-refractivity contribution in [3.8, 4) is 5.88 Å². The molecule has 0 atom stereocenters. The van der Waals surface area contributed by atoms with Crippen molar-refractivity contribution in [1.82, 2.24) is 10.2 Å². The number of nitrogens with zero attached hydrogens (tertiary/aromatic N) is 2. The molecule has 1 saturated carbocycles. The second-order valence-corrected chi connectivity index (χ2v) is 4.48. The Balaban J connectivity index is 2.13. The molecule has 1 aliphatic rings. The van der Waals surface area contributed by atoms with Crippen LogP contribution in [0.3, 0.4) is 0 Å². The molecule has 0 radical (unpaired) electrons. The van der Waals surface area contributed by atoms with Gasteiger partial charge in [-0.25, -0.2) is 4.79 Å². The van der Waals surface area contributed by atoms with Gasteiger partial charge in [0.2, 0.25) is 5.88 Å². The molecule has 1 aromatic rings. The molecule has 1 fully saturated rings. The van der Waals surface area contributed by atoms with E-state index in [0.717, 1.165) is 12.3 Å². The molecule has 0 bridgehead atoms. The summed E-state index contributed by atoms with van der Waals surface area (Å²) in [5.41, 5.74) is 1.37. The molecule has 1 aromatic heterocycles. The number of rotatable bonds is 5. The van der Waals surface area contributed by atoms with Gasteiger partial charge in [-0.3, -0.25) is 0 Å². The van der Waals surface area contributed by atoms with Gasteiger partial charge in [0.15, 0.2) is 0 Å². The largest absolute Gasteiger partial charge is 0.477 e. The molecule has 92 valence electrons. The monoisotopic (exact) mass is 236 g/mol. The van der Waals surface area contributed by atoms with Crippen LogP contribution in [0.5, 0.6) is 5.88 Å². The normalized spacial score (nSPS) is 14.7. The highest BCUT2D eigenvalue weighted by atomic mass is 16.5. The van der Waals surface area contributed by atoms with Gasteiger partial charge in [-0.15, -0.1) is 5.10 Å². The van der Waals surface area contributed by atoms with Gasteiger partial charge in [-0.05, 0) is 31.7 Å². The molecule has 2 rings (SSSR count). The van der Waals surface area contributed by atoms with Gasteiger partial charge in [0.05, 0.1) is 12.3 Å². The summed E-state index contributed by atoms with van der Waals surface area (Å²) in [6, 6.07) is 0. The Kier molecular flexibility index (Phi) is 3.26. The highest BCUT2D eigenvalue weighted by Crippen LogP contribution is 2.32. The number of carbonyl (C=O) groups is 1. The Morgan fingerprint density at radius 3 is 2.71 bits per heavy atom. The lowest BCUT2D eigenvalue weighted by Gasteiger charge is -2.10. The first kappa shape index (κ1) is 11.8. The van der Waals surface area contributed by atoms with Gasteiger partial charge in [0, 0.05) is 0 Å². The standard InChI is InChI=1S/C12H16N2O3/c1-7-8(2)13-14-11(10(7)12(15)16)17-6-5-9-3-4-9/h9H,3-6H2,1-2H3,(H,15,16). The molecule has 1 aliphatic carbocycles. The zero-order valence-electron chi connectivity index (χ0n) is 10.1. The van der Waals surface area contributed by atoms with Crippen molar-refractivity contribution < 1.29 is 14.6 Å². The summed E-state index contributed by atoms with van der Waals surface area (Å²) in [4.78, 5) is 11.2. The van der Waals surface area contributed by atoms with E-state index in [9.17, 15) is 4.79 Å². The van der Waals surface area contributed by atoms with Crippen molar-refractivity contribution in [2.45, 2.75) is 33.1 Å². The van der Waals surface area contributed by atoms with Crippen LogP contribution in [-0.2, 0) is 0 Å². The maximum Gasteiger partial charge on any atom is 0.341 e. The number of aryl methyl sites for hydroxylation is 1. The fourth-order valence-electron chi connectivity index (χ4n) is 1.67. The Morgan fingerprint density at radius 1 is 1.41 bits per heavy atom. The molecule has 0 unspecified atom stereocenters. The minimum atomic E-state index is -1.01. The zero-order chi connectivity index (χ0) is 12.4. The summed E-state index contributed by atoms with van der Waals surface area (Å²) in [5.74, 6) is -0.119. The second-order valence-electron chi connectivity index (χ2n) is 4.48. The van der Waals surface area contributed by atoms with E-state index < -0.39 is 5.97 Å². The predicted octanol–water partition coefficient (Wildman–Crippen LogP) is 1.97. The smallest absolute Gasteiger partial charge is 0.341 e. The Bertz CT molecular complexity index is 442. The molecular formula is C12H16N2O3. The Hall–Kier alpha value is -1.65. The third-order valence-corrected chi connectivity index (χ3v) is 3.10. The first-order valence-corrected chi connectivity index (χ1v) is 5.79. The number of carboxylic acids is 1. The van der Waals surface area contributed by atoms with Crippen molar-refractivity contribution in [3.63, 3.8) is 0 Å². The van der Waals surface area contributed by atoms with Gasteiger partial charge in [-0.1, -0.05) is 12.8 Å². The summed E-state index contributed by atoms with van der Waals surface area (Å²) in [6.45, 7) is 3.98. The van der Waals surface area contributed by atoms with Crippen LogP contribution in [0.4, 0.5) is 0 Å². The van der Waals surface area contributed by atoms with E-state index in [2.05, 4.69) is 10.2 Å². The predicted molar refractivity (Wildman–Crippen MR) is 61.3 cm³/mol. The molecule has 0 amide bonds. The number of aromatic carboxylic acids is 1. The van der Waals surface area contributed by atoms with E-state index >= 15 is 0 Å². The lowest BCUT2D eigenvalue weighted by atomic mass is 10.1. The van der Waals surface area contributed by atoms with Crippen molar-refractivity contribution in [2.24, 2.45) is 5.92 Å². The molecule has 0 aliphatic heterocycles. The number of aromatic nitrogens is 2. The van der Waals surface area contributed by atoms with E-state index in [4.69, 9.17) is 9.84 Å². The maximum absolute atomic E-state index is 11.2. The van der Waals surface area contributed by atoms with Gasteiger partial charge in [0.25, 0.3) is 0 Å². The van der Waals surface area contributed by atoms with Crippen molar-refractivity contribution in [2.75, 3.05) is 6.61 Å². The molecule has 1 heterocycles. The fraction of sp³-hybridized carbons (Fsp3) is 0.583. The number of hydrogen-bond donors (Lipinski definition) is 1. The molecular weight excluding hydrogens is 220 g/mol. The van der Waals surface area contributed by atoms with Crippen molar-refractivity contribution >= 4 is 5.97 Å². The number of hydrogen-bond acceptors (Lipinski definition) is 4. The molecule has 5 heteroatoms. The van der Waals surface area contributed by atoms with Crippen LogP contribution in [0.1, 0.15) is 40.9 Å². The second kappa shape index (κ2) is 4.69. The van der Waals surface area contributed by atoms with Crippen molar-refractivity contribution in [3.05, 3.63) is 16.8 Å². The van der Waals surface area contributed by atoms with E-state index in [1.807, 2.05) is 0 Å².